The van der Waals surface area contributed by atoms with Crippen LogP contribution in [0.4, 0.5) is 0 Å². The standard InChI is InChI=1S/C8H11N2/c9-5-1-3-8-4-2-6-10-7-8/h1-2,4,6-7H,3,5,9H2. The van der Waals surface area contributed by atoms with Crippen molar-refractivity contribution >= 4 is 0 Å². The monoisotopic (exact) mass is 135 g/mol. The summed E-state index contributed by atoms with van der Waals surface area (Å²) in [5.41, 5.74) is 6.52. The Bertz CT molecular complexity index is 172. The van der Waals surface area contributed by atoms with Crippen molar-refractivity contribution in [2.75, 3.05) is 6.54 Å². The first kappa shape index (κ1) is 7.22. The van der Waals surface area contributed by atoms with Gasteiger partial charge in [-0.1, -0.05) is 6.07 Å². The smallest absolute Gasteiger partial charge is 0.0299 e. The summed E-state index contributed by atoms with van der Waals surface area (Å²) in [5.74, 6) is 0. The van der Waals surface area contributed by atoms with E-state index in [1.807, 2.05) is 24.8 Å². The second kappa shape index (κ2) is 4.01. The lowest BCUT2D eigenvalue weighted by atomic mass is 10.2. The summed E-state index contributed by atoms with van der Waals surface area (Å²) in [5, 5.41) is 0. The van der Waals surface area contributed by atoms with E-state index in [1.54, 1.807) is 6.20 Å². The molecule has 0 atom stereocenters. The van der Waals surface area contributed by atoms with Gasteiger partial charge < -0.3 is 5.73 Å². The molecule has 0 aromatic carbocycles. The molecule has 2 heteroatoms. The molecule has 1 rings (SSSR count). The first-order chi connectivity index (χ1) is 4.93. The molecule has 0 spiro atoms. The molecule has 0 aliphatic carbocycles. The van der Waals surface area contributed by atoms with Crippen molar-refractivity contribution in [2.45, 2.75) is 6.42 Å². The summed E-state index contributed by atoms with van der Waals surface area (Å²) in [6.45, 7) is 0.634. The summed E-state index contributed by atoms with van der Waals surface area (Å²) in [6.07, 6.45) is 6.57. The van der Waals surface area contributed by atoms with Crippen LogP contribution in [0.3, 0.4) is 0 Å². The van der Waals surface area contributed by atoms with Crippen molar-refractivity contribution < 1.29 is 0 Å². The highest BCUT2D eigenvalue weighted by Gasteiger charge is 1.88. The number of nitrogens with two attached hydrogens (primary N) is 1. The lowest BCUT2D eigenvalue weighted by Crippen LogP contribution is -2.01. The lowest BCUT2D eigenvalue weighted by molar-refractivity contribution is 1.02. The van der Waals surface area contributed by atoms with E-state index in [9.17, 15) is 0 Å². The van der Waals surface area contributed by atoms with Crippen LogP contribution in [0.15, 0.2) is 24.5 Å². The van der Waals surface area contributed by atoms with Crippen molar-refractivity contribution in [3.8, 4) is 0 Å². The maximum Gasteiger partial charge on any atom is 0.0299 e. The highest BCUT2D eigenvalue weighted by Crippen LogP contribution is 1.97. The van der Waals surface area contributed by atoms with Crippen molar-refractivity contribution in [3.63, 3.8) is 0 Å². The fourth-order valence-electron chi connectivity index (χ4n) is 0.769. The third-order valence-corrected chi connectivity index (χ3v) is 1.27. The van der Waals surface area contributed by atoms with Gasteiger partial charge in [-0.2, -0.15) is 0 Å². The summed E-state index contributed by atoms with van der Waals surface area (Å²) in [7, 11) is 0. The second-order valence-electron chi connectivity index (χ2n) is 2.09. The molecule has 2 nitrogen and oxygen atoms in total. The van der Waals surface area contributed by atoms with E-state index in [0.717, 1.165) is 6.42 Å². The Hall–Kier alpha value is -0.890. The summed E-state index contributed by atoms with van der Waals surface area (Å²) >= 11 is 0. The Kier molecular flexibility index (Phi) is 2.90. The zero-order valence-corrected chi connectivity index (χ0v) is 5.83. The first-order valence-electron chi connectivity index (χ1n) is 3.34. The molecule has 1 heterocycles. The lowest BCUT2D eigenvalue weighted by Gasteiger charge is -1.95. The molecule has 1 aromatic heterocycles. The van der Waals surface area contributed by atoms with E-state index in [2.05, 4.69) is 4.98 Å². The molecule has 10 heavy (non-hydrogen) atoms. The summed E-state index contributed by atoms with van der Waals surface area (Å²) in [6, 6.07) is 3.97. The largest absolute Gasteiger partial charge is 0.330 e. The zero-order valence-electron chi connectivity index (χ0n) is 5.83. The molecule has 53 valence electrons. The van der Waals surface area contributed by atoms with Gasteiger partial charge in [0.25, 0.3) is 0 Å². The van der Waals surface area contributed by atoms with Gasteiger partial charge in [-0.25, -0.2) is 0 Å². The van der Waals surface area contributed by atoms with Gasteiger partial charge >= 0.3 is 0 Å². The number of hydrogen-bond donors (Lipinski definition) is 1. The minimum Gasteiger partial charge on any atom is -0.330 e. The van der Waals surface area contributed by atoms with Gasteiger partial charge in [0.2, 0.25) is 0 Å². The van der Waals surface area contributed by atoms with Crippen molar-refractivity contribution in [1.82, 2.24) is 4.98 Å². The number of aromatic nitrogens is 1. The second-order valence-corrected chi connectivity index (χ2v) is 2.09. The van der Waals surface area contributed by atoms with Gasteiger partial charge in [-0.3, -0.25) is 4.98 Å². The topological polar surface area (TPSA) is 38.9 Å². The molecule has 2 N–H and O–H groups in total. The van der Waals surface area contributed by atoms with Crippen LogP contribution in [0.2, 0.25) is 0 Å². The molecule has 0 aliphatic rings. The predicted molar refractivity (Wildman–Crippen MR) is 41.3 cm³/mol. The Morgan fingerprint density at radius 1 is 1.60 bits per heavy atom. The highest BCUT2D eigenvalue weighted by atomic mass is 14.6. The Balaban J connectivity index is 2.43. The van der Waals surface area contributed by atoms with E-state index in [0.29, 0.717) is 6.54 Å². The average molecular weight is 135 g/mol. The van der Waals surface area contributed by atoms with Gasteiger partial charge in [-0.15, -0.1) is 0 Å². The van der Waals surface area contributed by atoms with E-state index in [-0.39, 0.29) is 0 Å². The highest BCUT2D eigenvalue weighted by molar-refractivity contribution is 5.10. The fraction of sp³-hybridized carbons (Fsp3) is 0.250. The van der Waals surface area contributed by atoms with Gasteiger partial charge in [0.1, 0.15) is 0 Å². The van der Waals surface area contributed by atoms with Crippen molar-refractivity contribution in [2.24, 2.45) is 5.73 Å². The quantitative estimate of drug-likeness (QED) is 0.665. The molecular weight excluding hydrogens is 124 g/mol. The molecule has 0 amide bonds. The van der Waals surface area contributed by atoms with Crippen LogP contribution >= 0.6 is 0 Å². The number of rotatable bonds is 3. The normalized spacial score (nSPS) is 9.70. The van der Waals surface area contributed by atoms with Crippen molar-refractivity contribution in [1.29, 1.82) is 0 Å². The Labute approximate surface area is 61.1 Å². The van der Waals surface area contributed by atoms with E-state index in [1.165, 1.54) is 5.56 Å². The number of nitrogens with zero attached hydrogens (tertiary/aromatic N) is 1. The van der Waals surface area contributed by atoms with Gasteiger partial charge in [0, 0.05) is 12.4 Å². The van der Waals surface area contributed by atoms with Crippen LogP contribution < -0.4 is 5.73 Å². The molecule has 0 aliphatic heterocycles. The molecule has 0 fully saturated rings. The molecular formula is C8H11N2. The van der Waals surface area contributed by atoms with Gasteiger partial charge in [0.05, 0.1) is 0 Å². The number of hydrogen-bond acceptors (Lipinski definition) is 2. The molecule has 0 bridgehead atoms. The van der Waals surface area contributed by atoms with E-state index < -0.39 is 0 Å². The fourth-order valence-corrected chi connectivity index (χ4v) is 0.769. The maximum atomic E-state index is 5.30. The van der Waals surface area contributed by atoms with Gasteiger partial charge in [0.15, 0.2) is 0 Å². The third kappa shape index (κ3) is 2.15. The predicted octanol–water partition coefficient (Wildman–Crippen LogP) is 0.787. The molecule has 0 saturated heterocycles. The number of pyridine rings is 1. The Morgan fingerprint density at radius 3 is 3.10 bits per heavy atom. The Morgan fingerprint density at radius 2 is 2.50 bits per heavy atom. The van der Waals surface area contributed by atoms with Crippen LogP contribution in [-0.4, -0.2) is 11.5 Å². The van der Waals surface area contributed by atoms with E-state index >= 15 is 0 Å². The van der Waals surface area contributed by atoms with Crippen LogP contribution in [0, 0.1) is 6.42 Å². The molecule has 0 saturated carbocycles. The van der Waals surface area contributed by atoms with Gasteiger partial charge in [-0.05, 0) is 31.0 Å². The maximum absolute atomic E-state index is 5.30. The first-order valence-corrected chi connectivity index (χ1v) is 3.34. The molecule has 1 radical (unpaired) electrons. The third-order valence-electron chi connectivity index (χ3n) is 1.27. The average Bonchev–Trinajstić information content (AvgIpc) is 2.03. The minimum atomic E-state index is 0.634. The molecule has 1 aromatic rings. The van der Waals surface area contributed by atoms with Crippen LogP contribution in [0.5, 0.6) is 0 Å². The summed E-state index contributed by atoms with van der Waals surface area (Å²) in [4.78, 5) is 3.98. The SMILES string of the molecule is NC[CH]Cc1cccnc1. The van der Waals surface area contributed by atoms with Crippen molar-refractivity contribution in [3.05, 3.63) is 36.5 Å². The van der Waals surface area contributed by atoms with E-state index in [4.69, 9.17) is 5.73 Å². The summed E-state index contributed by atoms with van der Waals surface area (Å²) < 4.78 is 0. The minimum absolute atomic E-state index is 0.634. The van der Waals surface area contributed by atoms with Crippen LogP contribution in [-0.2, 0) is 6.42 Å². The van der Waals surface area contributed by atoms with Crippen LogP contribution in [0.1, 0.15) is 5.56 Å². The zero-order chi connectivity index (χ0) is 7.23. The molecule has 0 unspecified atom stereocenters. The van der Waals surface area contributed by atoms with Crippen LogP contribution in [0.25, 0.3) is 0 Å².